The SMILES string of the molecule is CCOP(=O)(OCC)C(Nc1nc2c(nc1Br)-c1ccccc1CC2)C(=O)OC(C)(C)C. The van der Waals surface area contributed by atoms with Crippen LogP contribution in [0.2, 0.25) is 0 Å². The minimum absolute atomic E-state index is 0.103. The van der Waals surface area contributed by atoms with E-state index in [1.165, 1.54) is 5.56 Å². The van der Waals surface area contributed by atoms with Crippen molar-refractivity contribution in [1.29, 1.82) is 0 Å². The van der Waals surface area contributed by atoms with Crippen LogP contribution in [0.25, 0.3) is 11.3 Å². The third kappa shape index (κ3) is 5.57. The number of aromatic nitrogens is 2. The Hall–Kier alpha value is -1.80. The molecule has 1 aliphatic carbocycles. The predicted octanol–water partition coefficient (Wildman–Crippen LogP) is 5.35. The summed E-state index contributed by atoms with van der Waals surface area (Å²) >= 11 is 3.45. The molecular weight excluding hydrogens is 497 g/mol. The van der Waals surface area contributed by atoms with Gasteiger partial charge in [-0.3, -0.25) is 4.57 Å². The number of anilines is 1. The summed E-state index contributed by atoms with van der Waals surface area (Å²) in [7, 11) is -3.91. The first-order chi connectivity index (χ1) is 15.1. The quantitative estimate of drug-likeness (QED) is 0.363. The van der Waals surface area contributed by atoms with Crippen molar-refractivity contribution in [1.82, 2.24) is 9.97 Å². The monoisotopic (exact) mass is 525 g/mol. The van der Waals surface area contributed by atoms with Gasteiger partial charge >= 0.3 is 13.6 Å². The first-order valence-electron chi connectivity index (χ1n) is 10.6. The second kappa shape index (κ2) is 10.00. The molecule has 0 aliphatic heterocycles. The van der Waals surface area contributed by atoms with Crippen LogP contribution in [0.15, 0.2) is 28.9 Å². The fourth-order valence-corrected chi connectivity index (χ4v) is 5.52. The number of esters is 1. The number of carbonyl (C=O) groups is 1. The lowest BCUT2D eigenvalue weighted by Gasteiger charge is -2.29. The summed E-state index contributed by atoms with van der Waals surface area (Å²) in [6, 6.07) is 8.07. The summed E-state index contributed by atoms with van der Waals surface area (Å²) in [6.07, 6.45) is 1.54. The normalized spacial score (nSPS) is 14.3. The molecule has 1 heterocycles. The lowest BCUT2D eigenvalue weighted by atomic mass is 9.92. The molecule has 32 heavy (non-hydrogen) atoms. The van der Waals surface area contributed by atoms with Gasteiger partial charge in [0.05, 0.1) is 24.6 Å². The Balaban J connectivity index is 2.01. The summed E-state index contributed by atoms with van der Waals surface area (Å²) in [5.41, 5.74) is 3.04. The first-order valence-corrected chi connectivity index (χ1v) is 13.0. The zero-order chi connectivity index (χ0) is 23.5. The maximum absolute atomic E-state index is 13.5. The highest BCUT2D eigenvalue weighted by atomic mass is 79.9. The van der Waals surface area contributed by atoms with Crippen molar-refractivity contribution in [3.05, 3.63) is 40.1 Å². The molecule has 1 aliphatic rings. The fraction of sp³-hybridized carbons (Fsp3) is 0.500. The largest absolute Gasteiger partial charge is 0.458 e. The summed E-state index contributed by atoms with van der Waals surface area (Å²) < 4.78 is 30.3. The molecule has 1 N–H and O–H groups in total. The van der Waals surface area contributed by atoms with E-state index in [1.807, 2.05) is 18.2 Å². The highest BCUT2D eigenvalue weighted by molar-refractivity contribution is 9.10. The van der Waals surface area contributed by atoms with Crippen LogP contribution in [0.5, 0.6) is 0 Å². The molecule has 174 valence electrons. The van der Waals surface area contributed by atoms with Crippen LogP contribution in [-0.4, -0.2) is 40.5 Å². The molecule has 8 nitrogen and oxygen atoms in total. The number of nitrogens with one attached hydrogen (secondary N) is 1. The van der Waals surface area contributed by atoms with E-state index in [-0.39, 0.29) is 19.0 Å². The molecule has 0 saturated carbocycles. The number of ether oxygens (including phenoxy) is 1. The van der Waals surface area contributed by atoms with Gasteiger partial charge in [0.2, 0.25) is 5.78 Å². The van der Waals surface area contributed by atoms with Crippen LogP contribution in [0.4, 0.5) is 5.82 Å². The Morgan fingerprint density at radius 3 is 2.44 bits per heavy atom. The van der Waals surface area contributed by atoms with Crippen molar-refractivity contribution >= 4 is 35.3 Å². The van der Waals surface area contributed by atoms with Crippen molar-refractivity contribution in [2.45, 2.75) is 58.8 Å². The Labute approximate surface area is 197 Å². The van der Waals surface area contributed by atoms with Crippen LogP contribution in [0.3, 0.4) is 0 Å². The van der Waals surface area contributed by atoms with E-state index in [9.17, 15) is 9.36 Å². The van der Waals surface area contributed by atoms with Crippen LogP contribution in [0.1, 0.15) is 45.9 Å². The molecule has 0 fully saturated rings. The molecule has 0 spiro atoms. The molecule has 1 atom stereocenters. The number of carbonyl (C=O) groups excluding carboxylic acids is 1. The topological polar surface area (TPSA) is 99.6 Å². The van der Waals surface area contributed by atoms with Crippen molar-refractivity contribution in [3.8, 4) is 11.3 Å². The smallest absolute Gasteiger partial charge is 0.364 e. The minimum atomic E-state index is -3.91. The van der Waals surface area contributed by atoms with E-state index in [0.29, 0.717) is 11.0 Å². The van der Waals surface area contributed by atoms with E-state index in [2.05, 4.69) is 32.3 Å². The third-order valence-electron chi connectivity index (χ3n) is 4.67. The molecule has 0 bridgehead atoms. The molecule has 2 aromatic rings. The van der Waals surface area contributed by atoms with Crippen molar-refractivity contribution in [3.63, 3.8) is 0 Å². The molecule has 10 heteroatoms. The van der Waals surface area contributed by atoms with Gasteiger partial charge < -0.3 is 19.1 Å². The fourth-order valence-electron chi connectivity index (χ4n) is 3.45. The highest BCUT2D eigenvalue weighted by Crippen LogP contribution is 2.54. The second-order valence-electron chi connectivity index (χ2n) is 8.27. The van der Waals surface area contributed by atoms with E-state index < -0.39 is 24.9 Å². The number of fused-ring (bicyclic) bond motifs is 3. The number of nitrogens with zero attached hydrogens (tertiary/aromatic N) is 2. The summed E-state index contributed by atoms with van der Waals surface area (Å²) in [5, 5.41) is 2.95. The molecule has 1 aromatic heterocycles. The third-order valence-corrected chi connectivity index (χ3v) is 7.43. The Kier molecular flexibility index (Phi) is 7.76. The number of aryl methyl sites for hydroxylation is 2. The lowest BCUT2D eigenvalue weighted by Crippen LogP contribution is -2.38. The molecule has 0 saturated heterocycles. The van der Waals surface area contributed by atoms with E-state index in [4.69, 9.17) is 18.8 Å². The molecule has 1 aromatic carbocycles. The van der Waals surface area contributed by atoms with Crippen molar-refractivity contribution < 1.29 is 23.1 Å². The maximum atomic E-state index is 13.5. The zero-order valence-electron chi connectivity index (χ0n) is 19.0. The molecule has 3 rings (SSSR count). The number of benzene rings is 1. The van der Waals surface area contributed by atoms with Crippen LogP contribution in [-0.2, 0) is 36.0 Å². The summed E-state index contributed by atoms with van der Waals surface area (Å²) in [6.45, 7) is 8.78. The van der Waals surface area contributed by atoms with Gasteiger partial charge in [0, 0.05) is 5.56 Å². The highest BCUT2D eigenvalue weighted by Gasteiger charge is 2.44. The Bertz CT molecular complexity index is 1030. The van der Waals surface area contributed by atoms with Crippen LogP contribution < -0.4 is 5.32 Å². The summed E-state index contributed by atoms with van der Waals surface area (Å²) in [5.74, 6) is -1.88. The predicted molar refractivity (Wildman–Crippen MR) is 127 cm³/mol. The Morgan fingerprint density at radius 2 is 1.81 bits per heavy atom. The van der Waals surface area contributed by atoms with Gasteiger partial charge in [-0.25, -0.2) is 14.8 Å². The molecule has 0 amide bonds. The average Bonchev–Trinajstić information content (AvgIpc) is 2.71. The van der Waals surface area contributed by atoms with Crippen LogP contribution >= 0.6 is 23.5 Å². The van der Waals surface area contributed by atoms with Gasteiger partial charge in [0.25, 0.3) is 0 Å². The number of hydrogen-bond donors (Lipinski definition) is 1. The van der Waals surface area contributed by atoms with Gasteiger partial charge in [-0.1, -0.05) is 24.3 Å². The number of halogens is 1. The van der Waals surface area contributed by atoms with E-state index in [0.717, 1.165) is 23.4 Å². The zero-order valence-corrected chi connectivity index (χ0v) is 21.5. The van der Waals surface area contributed by atoms with Gasteiger partial charge in [-0.05, 0) is 69.0 Å². The van der Waals surface area contributed by atoms with Crippen molar-refractivity contribution in [2.75, 3.05) is 18.5 Å². The molecule has 1 unspecified atom stereocenters. The van der Waals surface area contributed by atoms with Crippen LogP contribution in [0, 0.1) is 0 Å². The van der Waals surface area contributed by atoms with Gasteiger partial charge in [-0.15, -0.1) is 0 Å². The molecule has 0 radical (unpaired) electrons. The van der Waals surface area contributed by atoms with Gasteiger partial charge in [0.1, 0.15) is 10.2 Å². The number of rotatable bonds is 8. The standard InChI is InChI=1S/C22H29BrN3O5P/c1-6-29-32(28,30-7-2)20(21(27)31-22(3,4)5)26-19-18(23)25-17-15-11-9-8-10-14(15)12-13-16(17)24-19/h8-11,20H,6-7,12-13H2,1-5H3,(H,24,26). The van der Waals surface area contributed by atoms with Crippen molar-refractivity contribution in [2.24, 2.45) is 0 Å². The first kappa shape index (κ1) is 24.8. The van der Waals surface area contributed by atoms with E-state index in [1.54, 1.807) is 34.6 Å². The van der Waals surface area contributed by atoms with E-state index >= 15 is 0 Å². The van der Waals surface area contributed by atoms with Gasteiger partial charge in [-0.2, -0.15) is 0 Å². The minimum Gasteiger partial charge on any atom is -0.458 e. The second-order valence-corrected chi connectivity index (χ2v) is 11.1. The Morgan fingerprint density at radius 1 is 1.16 bits per heavy atom. The maximum Gasteiger partial charge on any atom is 0.364 e. The number of hydrogen-bond acceptors (Lipinski definition) is 8. The van der Waals surface area contributed by atoms with Gasteiger partial charge in [0.15, 0.2) is 5.82 Å². The average molecular weight is 526 g/mol. The lowest BCUT2D eigenvalue weighted by molar-refractivity contribution is -0.154. The summed E-state index contributed by atoms with van der Waals surface area (Å²) in [4.78, 5) is 22.4. The molecular formula is C22H29BrN3O5P.